The fraction of sp³-hybridized carbons (Fsp3) is 0.381. The monoisotopic (exact) mass is 335 g/mol. The number of rotatable bonds is 4. The summed E-state index contributed by atoms with van der Waals surface area (Å²) < 4.78 is 0. The molecule has 2 aromatic rings. The Labute approximate surface area is 149 Å². The molecular weight excluding hydrogens is 310 g/mol. The van der Waals surface area contributed by atoms with Gasteiger partial charge in [0.15, 0.2) is 0 Å². The Hall–Kier alpha value is -2.33. The van der Waals surface area contributed by atoms with E-state index in [1.54, 1.807) is 0 Å². The van der Waals surface area contributed by atoms with E-state index in [-0.39, 0.29) is 5.91 Å². The van der Waals surface area contributed by atoms with Crippen molar-refractivity contribution in [1.82, 2.24) is 5.32 Å². The topological polar surface area (TPSA) is 58.4 Å². The maximum Gasteiger partial charge on any atom is 0.251 e. The molecule has 0 bridgehead atoms. The molecule has 1 amide bonds. The average Bonchev–Trinajstić information content (AvgIpc) is 3.01. The molecule has 130 valence electrons. The second-order valence-corrected chi connectivity index (χ2v) is 6.96. The summed E-state index contributed by atoms with van der Waals surface area (Å²) in [7, 11) is 0. The molecule has 4 nitrogen and oxygen atoms in total. The van der Waals surface area contributed by atoms with Crippen LogP contribution in [-0.2, 0) is 12.8 Å². The van der Waals surface area contributed by atoms with Crippen LogP contribution in [0.15, 0.2) is 30.3 Å². The van der Waals surface area contributed by atoms with Crippen molar-refractivity contribution in [2.45, 2.75) is 26.2 Å². The number of fused-ring (bicyclic) bond motifs is 3. The van der Waals surface area contributed by atoms with Gasteiger partial charge < -0.3 is 16.0 Å². The highest BCUT2D eigenvalue weighted by Gasteiger charge is 2.28. The van der Waals surface area contributed by atoms with Crippen LogP contribution in [0.4, 0.5) is 5.69 Å². The molecule has 0 saturated carbocycles. The van der Waals surface area contributed by atoms with E-state index in [0.29, 0.717) is 0 Å². The number of primary amides is 1. The molecule has 3 N–H and O–H groups in total. The molecule has 25 heavy (non-hydrogen) atoms. The maximum atomic E-state index is 12.4. The molecule has 1 fully saturated rings. The van der Waals surface area contributed by atoms with Crippen LogP contribution in [0.3, 0.4) is 0 Å². The number of piperazine rings is 1. The molecular formula is C21H25N3O. The lowest BCUT2D eigenvalue weighted by atomic mass is 9.90. The standard InChI is InChI=1S/C21H25N3O/c1-2-5-16-17-12-14-6-3-4-7-15(14)18(17)13-19(20(16)21(22)25)24-10-8-23-9-11-24/h3-4,6-7,13,23H,2,5,8-12H2,1H3,(H2,22,25). The molecule has 4 rings (SSSR count). The van der Waals surface area contributed by atoms with Gasteiger partial charge in [0.05, 0.1) is 11.3 Å². The maximum absolute atomic E-state index is 12.4. The van der Waals surface area contributed by atoms with Crippen LogP contribution >= 0.6 is 0 Å². The zero-order chi connectivity index (χ0) is 17.4. The van der Waals surface area contributed by atoms with Crippen LogP contribution in [0, 0.1) is 0 Å². The Kier molecular flexibility index (Phi) is 4.22. The summed E-state index contributed by atoms with van der Waals surface area (Å²) in [5.74, 6) is -0.296. The molecule has 1 aliphatic heterocycles. The van der Waals surface area contributed by atoms with E-state index < -0.39 is 0 Å². The first-order valence-corrected chi connectivity index (χ1v) is 9.23. The van der Waals surface area contributed by atoms with Gasteiger partial charge in [0.2, 0.25) is 0 Å². The number of nitrogens with one attached hydrogen (secondary N) is 1. The molecule has 0 spiro atoms. The molecule has 4 heteroatoms. The summed E-state index contributed by atoms with van der Waals surface area (Å²) in [6, 6.07) is 10.8. The van der Waals surface area contributed by atoms with Gasteiger partial charge in [-0.1, -0.05) is 37.6 Å². The van der Waals surface area contributed by atoms with Crippen molar-refractivity contribution >= 4 is 11.6 Å². The number of carbonyl (C=O) groups excluding carboxylic acids is 1. The fourth-order valence-electron chi connectivity index (χ4n) is 4.29. The van der Waals surface area contributed by atoms with Crippen LogP contribution in [0.25, 0.3) is 11.1 Å². The number of carbonyl (C=O) groups is 1. The number of hydrogen-bond donors (Lipinski definition) is 2. The van der Waals surface area contributed by atoms with Gasteiger partial charge in [0.1, 0.15) is 0 Å². The van der Waals surface area contributed by atoms with E-state index in [0.717, 1.165) is 62.3 Å². The Morgan fingerprint density at radius 1 is 1.20 bits per heavy atom. The van der Waals surface area contributed by atoms with Gasteiger partial charge in [-0.3, -0.25) is 4.79 Å². The van der Waals surface area contributed by atoms with Crippen LogP contribution in [0.2, 0.25) is 0 Å². The predicted octanol–water partition coefficient (Wildman–Crippen LogP) is 2.72. The first-order chi connectivity index (χ1) is 12.2. The van der Waals surface area contributed by atoms with Crippen molar-refractivity contribution in [3.8, 4) is 11.1 Å². The zero-order valence-electron chi connectivity index (χ0n) is 14.8. The predicted molar refractivity (Wildman–Crippen MR) is 102 cm³/mol. The Morgan fingerprint density at radius 3 is 2.68 bits per heavy atom. The molecule has 0 radical (unpaired) electrons. The van der Waals surface area contributed by atoms with E-state index in [9.17, 15) is 4.79 Å². The van der Waals surface area contributed by atoms with Crippen LogP contribution in [0.1, 0.15) is 40.4 Å². The number of hydrogen-bond acceptors (Lipinski definition) is 3. The summed E-state index contributed by atoms with van der Waals surface area (Å²) in [5, 5.41) is 3.38. The third-order valence-electron chi connectivity index (χ3n) is 5.41. The normalized spacial score (nSPS) is 15.8. The minimum Gasteiger partial charge on any atom is -0.368 e. The third kappa shape index (κ3) is 2.71. The highest BCUT2D eigenvalue weighted by molar-refractivity contribution is 6.03. The third-order valence-corrected chi connectivity index (χ3v) is 5.41. The largest absolute Gasteiger partial charge is 0.368 e. The molecule has 0 aromatic heterocycles. The van der Waals surface area contributed by atoms with E-state index in [4.69, 9.17) is 5.73 Å². The van der Waals surface area contributed by atoms with E-state index >= 15 is 0 Å². The molecule has 2 aromatic carbocycles. The first kappa shape index (κ1) is 16.2. The molecule has 0 atom stereocenters. The van der Waals surface area contributed by atoms with E-state index in [1.807, 2.05) is 0 Å². The lowest BCUT2D eigenvalue weighted by Gasteiger charge is -2.32. The molecule has 1 saturated heterocycles. The number of amides is 1. The Balaban J connectivity index is 1.95. The Bertz CT molecular complexity index is 822. The van der Waals surface area contributed by atoms with Gasteiger partial charge in [-0.25, -0.2) is 0 Å². The van der Waals surface area contributed by atoms with Crippen molar-refractivity contribution in [2.75, 3.05) is 31.1 Å². The zero-order valence-corrected chi connectivity index (χ0v) is 14.8. The summed E-state index contributed by atoms with van der Waals surface area (Å²) in [6.45, 7) is 5.86. The van der Waals surface area contributed by atoms with Gasteiger partial charge >= 0.3 is 0 Å². The number of nitrogens with two attached hydrogens (primary N) is 1. The fourth-order valence-corrected chi connectivity index (χ4v) is 4.29. The molecule has 1 aliphatic carbocycles. The van der Waals surface area contributed by atoms with Gasteiger partial charge in [-0.05, 0) is 46.7 Å². The minimum atomic E-state index is -0.296. The average molecular weight is 335 g/mol. The SMILES string of the molecule is CCCc1c2c(cc(N3CCNCC3)c1C(N)=O)-c1ccccc1C2. The molecule has 2 aliphatic rings. The number of nitrogens with zero attached hydrogens (tertiary/aromatic N) is 1. The first-order valence-electron chi connectivity index (χ1n) is 9.23. The van der Waals surface area contributed by atoms with Gasteiger partial charge in [0.25, 0.3) is 5.91 Å². The highest BCUT2D eigenvalue weighted by atomic mass is 16.1. The van der Waals surface area contributed by atoms with Crippen LogP contribution < -0.4 is 16.0 Å². The van der Waals surface area contributed by atoms with Gasteiger partial charge in [-0.2, -0.15) is 0 Å². The summed E-state index contributed by atoms with van der Waals surface area (Å²) in [4.78, 5) is 14.7. The number of benzene rings is 2. The van der Waals surface area contributed by atoms with Crippen LogP contribution in [0.5, 0.6) is 0 Å². The smallest absolute Gasteiger partial charge is 0.251 e. The second-order valence-electron chi connectivity index (χ2n) is 6.96. The lowest BCUT2D eigenvalue weighted by molar-refractivity contribution is 0.0999. The van der Waals surface area contributed by atoms with E-state index in [2.05, 4.69) is 47.5 Å². The molecule has 1 heterocycles. The van der Waals surface area contributed by atoms with Crippen molar-refractivity contribution in [3.63, 3.8) is 0 Å². The second kappa shape index (κ2) is 6.52. The lowest BCUT2D eigenvalue weighted by Crippen LogP contribution is -2.44. The van der Waals surface area contributed by atoms with Crippen molar-refractivity contribution < 1.29 is 4.79 Å². The van der Waals surface area contributed by atoms with Crippen molar-refractivity contribution in [2.24, 2.45) is 5.73 Å². The van der Waals surface area contributed by atoms with Crippen LogP contribution in [-0.4, -0.2) is 32.1 Å². The minimum absolute atomic E-state index is 0.296. The van der Waals surface area contributed by atoms with E-state index in [1.165, 1.54) is 22.3 Å². The van der Waals surface area contributed by atoms with Gasteiger partial charge in [-0.15, -0.1) is 0 Å². The summed E-state index contributed by atoms with van der Waals surface area (Å²) in [5.41, 5.74) is 14.0. The summed E-state index contributed by atoms with van der Waals surface area (Å²) >= 11 is 0. The molecule has 0 unspecified atom stereocenters. The quantitative estimate of drug-likeness (QED) is 0.771. The Morgan fingerprint density at radius 2 is 1.96 bits per heavy atom. The van der Waals surface area contributed by atoms with Crippen molar-refractivity contribution in [3.05, 3.63) is 52.6 Å². The van der Waals surface area contributed by atoms with Crippen molar-refractivity contribution in [1.29, 1.82) is 0 Å². The van der Waals surface area contributed by atoms with Gasteiger partial charge in [0, 0.05) is 26.2 Å². The highest BCUT2D eigenvalue weighted by Crippen LogP contribution is 2.43. The summed E-state index contributed by atoms with van der Waals surface area (Å²) in [6.07, 6.45) is 2.81. The number of anilines is 1.